The van der Waals surface area contributed by atoms with E-state index < -0.39 is 0 Å². The molecule has 0 atom stereocenters. The molecule has 0 spiro atoms. The van der Waals surface area contributed by atoms with Crippen molar-refractivity contribution in [3.8, 4) is 0 Å². The van der Waals surface area contributed by atoms with Gasteiger partial charge in [0.05, 0.1) is 0 Å². The number of nitrogens with one attached hydrogen (secondary N) is 2. The van der Waals surface area contributed by atoms with Gasteiger partial charge in [0.25, 0.3) is 5.91 Å². The monoisotopic (exact) mass is 313 g/mol. The average molecular weight is 313 g/mol. The van der Waals surface area contributed by atoms with Gasteiger partial charge in [-0.3, -0.25) is 4.79 Å². The van der Waals surface area contributed by atoms with Crippen LogP contribution < -0.4 is 15.5 Å². The highest BCUT2D eigenvalue weighted by atomic mass is 16.1. The predicted molar refractivity (Wildman–Crippen MR) is 93.1 cm³/mol. The molecule has 1 amide bonds. The van der Waals surface area contributed by atoms with Crippen LogP contribution in [0.4, 0.5) is 11.6 Å². The second-order valence-electron chi connectivity index (χ2n) is 5.61. The fraction of sp³-hybridized carbons (Fsp3) is 0.353. The molecule has 2 N–H and O–H groups in total. The Hall–Kier alpha value is -2.63. The first kappa shape index (κ1) is 16.7. The van der Waals surface area contributed by atoms with Crippen molar-refractivity contribution in [1.29, 1.82) is 0 Å². The number of carbonyl (C=O) groups is 1. The Morgan fingerprint density at radius 1 is 1.13 bits per heavy atom. The molecule has 6 nitrogen and oxygen atoms in total. The van der Waals surface area contributed by atoms with Crippen LogP contribution in [0.15, 0.2) is 30.3 Å². The average Bonchev–Trinajstić information content (AvgIpc) is 2.50. The third kappa shape index (κ3) is 4.95. The van der Waals surface area contributed by atoms with E-state index in [4.69, 9.17) is 0 Å². The smallest absolute Gasteiger partial charge is 0.251 e. The van der Waals surface area contributed by atoms with Crippen LogP contribution in [0.2, 0.25) is 0 Å². The first-order chi connectivity index (χ1) is 11.0. The van der Waals surface area contributed by atoms with Gasteiger partial charge in [-0.1, -0.05) is 17.7 Å². The lowest BCUT2D eigenvalue weighted by molar-refractivity contribution is 0.0955. The van der Waals surface area contributed by atoms with Crippen LogP contribution >= 0.6 is 0 Å². The molecule has 1 aromatic carbocycles. The standard InChI is InChI=1S/C17H23N5O/c1-12-6-5-7-14(10-12)17(23)19-9-8-18-15-11-16(22(3)4)21-13(2)20-15/h5-7,10-11H,8-9H2,1-4H3,(H,19,23)(H,18,20,21). The van der Waals surface area contributed by atoms with Crippen molar-refractivity contribution in [2.45, 2.75) is 13.8 Å². The minimum Gasteiger partial charge on any atom is -0.368 e. The topological polar surface area (TPSA) is 70.2 Å². The van der Waals surface area contributed by atoms with E-state index in [2.05, 4.69) is 20.6 Å². The largest absolute Gasteiger partial charge is 0.368 e. The minimum absolute atomic E-state index is 0.0663. The maximum atomic E-state index is 12.0. The molecule has 0 fully saturated rings. The van der Waals surface area contributed by atoms with Crippen molar-refractivity contribution >= 4 is 17.5 Å². The maximum Gasteiger partial charge on any atom is 0.251 e. The Morgan fingerprint density at radius 3 is 2.61 bits per heavy atom. The van der Waals surface area contributed by atoms with Gasteiger partial charge in [0, 0.05) is 38.8 Å². The van der Waals surface area contributed by atoms with E-state index in [1.807, 2.05) is 63.2 Å². The lowest BCUT2D eigenvalue weighted by Gasteiger charge is -2.14. The van der Waals surface area contributed by atoms with E-state index in [-0.39, 0.29) is 5.91 Å². The van der Waals surface area contributed by atoms with Crippen LogP contribution in [0, 0.1) is 13.8 Å². The Bertz CT molecular complexity index is 684. The zero-order valence-corrected chi connectivity index (χ0v) is 14.1. The summed E-state index contributed by atoms with van der Waals surface area (Å²) in [6.45, 7) is 4.95. The summed E-state index contributed by atoms with van der Waals surface area (Å²) in [7, 11) is 3.88. The van der Waals surface area contributed by atoms with E-state index in [0.29, 0.717) is 24.5 Å². The number of anilines is 2. The summed E-state index contributed by atoms with van der Waals surface area (Å²) < 4.78 is 0. The summed E-state index contributed by atoms with van der Waals surface area (Å²) in [5, 5.41) is 6.10. The lowest BCUT2D eigenvalue weighted by atomic mass is 10.1. The van der Waals surface area contributed by atoms with Crippen molar-refractivity contribution in [3.63, 3.8) is 0 Å². The van der Waals surface area contributed by atoms with E-state index >= 15 is 0 Å². The molecule has 2 aromatic rings. The second kappa shape index (κ2) is 7.58. The number of aryl methyl sites for hydroxylation is 2. The quantitative estimate of drug-likeness (QED) is 0.798. The molecular weight excluding hydrogens is 290 g/mol. The van der Waals surface area contributed by atoms with Gasteiger partial charge < -0.3 is 15.5 Å². The van der Waals surface area contributed by atoms with Gasteiger partial charge in [0.15, 0.2) is 0 Å². The van der Waals surface area contributed by atoms with Crippen LogP contribution in [0.25, 0.3) is 0 Å². The van der Waals surface area contributed by atoms with Crippen molar-refractivity contribution in [1.82, 2.24) is 15.3 Å². The van der Waals surface area contributed by atoms with Gasteiger partial charge in [-0.15, -0.1) is 0 Å². The minimum atomic E-state index is -0.0663. The van der Waals surface area contributed by atoms with E-state index in [9.17, 15) is 4.79 Å². The normalized spacial score (nSPS) is 10.3. The Balaban J connectivity index is 1.85. The number of benzene rings is 1. The van der Waals surface area contributed by atoms with Crippen LogP contribution in [0.3, 0.4) is 0 Å². The highest BCUT2D eigenvalue weighted by Gasteiger charge is 2.05. The van der Waals surface area contributed by atoms with Gasteiger partial charge >= 0.3 is 0 Å². The molecule has 0 saturated carbocycles. The zero-order chi connectivity index (χ0) is 16.8. The molecular formula is C17H23N5O. The third-order valence-electron chi connectivity index (χ3n) is 3.28. The highest BCUT2D eigenvalue weighted by molar-refractivity contribution is 5.94. The van der Waals surface area contributed by atoms with Crippen molar-refractivity contribution in [2.75, 3.05) is 37.4 Å². The molecule has 0 aliphatic rings. The molecule has 122 valence electrons. The second-order valence-corrected chi connectivity index (χ2v) is 5.61. The number of rotatable bonds is 6. The van der Waals surface area contributed by atoms with Crippen LogP contribution in [0.1, 0.15) is 21.7 Å². The molecule has 0 saturated heterocycles. The Labute approximate surface area is 137 Å². The molecule has 0 aliphatic carbocycles. The van der Waals surface area contributed by atoms with Gasteiger partial charge in [-0.05, 0) is 26.0 Å². The fourth-order valence-electron chi connectivity index (χ4n) is 2.13. The van der Waals surface area contributed by atoms with Gasteiger partial charge in [0.1, 0.15) is 17.5 Å². The van der Waals surface area contributed by atoms with E-state index in [0.717, 1.165) is 17.2 Å². The SMILES string of the molecule is Cc1cccc(C(=O)NCCNc2cc(N(C)C)nc(C)n2)c1. The van der Waals surface area contributed by atoms with E-state index in [1.165, 1.54) is 0 Å². The van der Waals surface area contributed by atoms with Crippen LogP contribution in [-0.4, -0.2) is 43.1 Å². The first-order valence-electron chi connectivity index (χ1n) is 7.57. The molecule has 6 heteroatoms. The Kier molecular flexibility index (Phi) is 5.51. The summed E-state index contributed by atoms with van der Waals surface area (Å²) in [5.74, 6) is 2.25. The third-order valence-corrected chi connectivity index (χ3v) is 3.28. The summed E-state index contributed by atoms with van der Waals surface area (Å²) in [6.07, 6.45) is 0. The van der Waals surface area contributed by atoms with Crippen LogP contribution in [0.5, 0.6) is 0 Å². The molecule has 0 unspecified atom stereocenters. The van der Waals surface area contributed by atoms with Gasteiger partial charge in [-0.2, -0.15) is 0 Å². The van der Waals surface area contributed by atoms with Crippen molar-refractivity contribution in [3.05, 3.63) is 47.3 Å². The number of aromatic nitrogens is 2. The summed E-state index contributed by atoms with van der Waals surface area (Å²) in [5.41, 5.74) is 1.75. The van der Waals surface area contributed by atoms with Gasteiger partial charge in [0.2, 0.25) is 0 Å². The number of nitrogens with zero attached hydrogens (tertiary/aromatic N) is 3. The molecule has 23 heavy (non-hydrogen) atoms. The molecule has 1 heterocycles. The molecule has 0 aliphatic heterocycles. The maximum absolute atomic E-state index is 12.0. The number of hydrogen-bond donors (Lipinski definition) is 2. The molecule has 1 aromatic heterocycles. The van der Waals surface area contributed by atoms with Crippen molar-refractivity contribution < 1.29 is 4.79 Å². The highest BCUT2D eigenvalue weighted by Crippen LogP contribution is 2.12. The summed E-state index contributed by atoms with van der Waals surface area (Å²) in [6, 6.07) is 9.43. The molecule has 0 bridgehead atoms. The Morgan fingerprint density at radius 2 is 1.91 bits per heavy atom. The van der Waals surface area contributed by atoms with Crippen molar-refractivity contribution in [2.24, 2.45) is 0 Å². The van der Waals surface area contributed by atoms with Crippen LogP contribution in [-0.2, 0) is 0 Å². The lowest BCUT2D eigenvalue weighted by Crippen LogP contribution is -2.29. The number of carbonyl (C=O) groups excluding carboxylic acids is 1. The summed E-state index contributed by atoms with van der Waals surface area (Å²) >= 11 is 0. The summed E-state index contributed by atoms with van der Waals surface area (Å²) in [4.78, 5) is 22.6. The predicted octanol–water partition coefficient (Wildman–Crippen LogP) is 2.00. The van der Waals surface area contributed by atoms with E-state index in [1.54, 1.807) is 0 Å². The first-order valence-corrected chi connectivity index (χ1v) is 7.57. The number of amides is 1. The van der Waals surface area contributed by atoms with Gasteiger partial charge in [-0.25, -0.2) is 9.97 Å². The number of hydrogen-bond acceptors (Lipinski definition) is 5. The molecule has 2 rings (SSSR count). The zero-order valence-electron chi connectivity index (χ0n) is 14.1. The fourth-order valence-corrected chi connectivity index (χ4v) is 2.13. The molecule has 0 radical (unpaired) electrons.